The number of hydrogen-bond donors (Lipinski definition) is 0. The van der Waals surface area contributed by atoms with Crippen molar-refractivity contribution in [2.75, 3.05) is 0 Å². The van der Waals surface area contributed by atoms with Crippen molar-refractivity contribution in [3.05, 3.63) is 0 Å². The van der Waals surface area contributed by atoms with Crippen molar-refractivity contribution in [1.29, 1.82) is 0 Å². The summed E-state index contributed by atoms with van der Waals surface area (Å²) in [6.45, 7) is 0. The number of rotatable bonds is 6. The van der Waals surface area contributed by atoms with Crippen molar-refractivity contribution in [1.82, 2.24) is 0 Å². The van der Waals surface area contributed by atoms with Gasteiger partial charge in [0.05, 0.1) is 0 Å². The zero-order chi connectivity index (χ0) is 16.8. The Morgan fingerprint density at radius 1 is 0.800 bits per heavy atom. The first-order chi connectivity index (χ1) is 8.40. The molecule has 0 spiro atoms. The van der Waals surface area contributed by atoms with E-state index in [4.69, 9.17) is 0 Å². The van der Waals surface area contributed by atoms with E-state index in [0.29, 0.717) is 0 Å². The van der Waals surface area contributed by atoms with E-state index in [0.717, 1.165) is 0 Å². The van der Waals surface area contributed by atoms with Crippen LogP contribution in [0.15, 0.2) is 0 Å². The lowest BCUT2D eigenvalue weighted by molar-refractivity contribution is -0.470. The summed E-state index contributed by atoms with van der Waals surface area (Å²) in [6.07, 6.45) is -13.3. The summed E-state index contributed by atoms with van der Waals surface area (Å²) in [4.78, 5) is 9.50. The summed E-state index contributed by atoms with van der Waals surface area (Å²) in [5.74, 6) is -13.9. The number of alkyl halides is 11. The highest BCUT2D eigenvalue weighted by atomic mass is 127. The van der Waals surface area contributed by atoms with Crippen LogP contribution < -0.4 is 0 Å². The molecule has 2 nitrogen and oxygen atoms in total. The first kappa shape index (κ1) is 19.6. The van der Waals surface area contributed by atoms with E-state index in [1.165, 1.54) is 0 Å². The average molecular weight is 440 g/mol. The molecule has 0 bridgehead atoms. The van der Waals surface area contributed by atoms with Crippen molar-refractivity contribution < 1.29 is 57.8 Å². The van der Waals surface area contributed by atoms with Crippen LogP contribution in [-0.4, -0.2) is 34.0 Å². The van der Waals surface area contributed by atoms with Gasteiger partial charge in [-0.25, -0.2) is 4.74 Å². The molecule has 0 aliphatic rings. The molecule has 0 radical (unpaired) electrons. The van der Waals surface area contributed by atoms with Gasteiger partial charge >= 0.3 is 34.0 Å². The van der Waals surface area contributed by atoms with E-state index >= 15 is 0 Å². The Balaban J connectivity index is 5.60. The predicted octanol–water partition coefficient (Wildman–Crippen LogP) is 3.98. The fourth-order valence-corrected chi connectivity index (χ4v) is 0.699. The van der Waals surface area contributed by atoms with Crippen molar-refractivity contribution >= 4 is 28.6 Å². The van der Waals surface area contributed by atoms with E-state index in [1.54, 1.807) is 4.74 Å². The molecule has 0 saturated heterocycles. The van der Waals surface area contributed by atoms with Crippen LogP contribution in [0.1, 0.15) is 0 Å². The minimum atomic E-state index is -7.14. The lowest BCUT2D eigenvalue weighted by Gasteiger charge is -2.32. The van der Waals surface area contributed by atoms with Crippen LogP contribution in [0.25, 0.3) is 0 Å². The highest BCUT2D eigenvalue weighted by Crippen LogP contribution is 2.52. The number of carbonyl (C=O) groups is 1. The van der Waals surface area contributed by atoms with Crippen LogP contribution in [0.2, 0.25) is 0 Å². The number of halogens is 12. The highest BCUT2D eigenvalue weighted by molar-refractivity contribution is 14.1. The minimum absolute atomic E-state index is 0.493. The standard InChI is InChI=1S/C6F11IO2/c7-1(19)2(8,9)3(10,11)5(14,15)20-6(16,17)4(12,13)18. The third kappa shape index (κ3) is 3.25. The maximum atomic E-state index is 12.5. The second-order valence-electron chi connectivity index (χ2n) is 3.06. The largest absolute Gasteiger partial charge is 0.433 e. The second-order valence-corrected chi connectivity index (χ2v) is 4.41. The molecule has 0 atom stereocenters. The maximum absolute atomic E-state index is 12.5. The lowest BCUT2D eigenvalue weighted by atomic mass is 10.1. The topological polar surface area (TPSA) is 26.3 Å². The minimum Gasteiger partial charge on any atom is -0.254 e. The van der Waals surface area contributed by atoms with E-state index in [1.807, 2.05) is 0 Å². The molecule has 0 aliphatic carbocycles. The Hall–Kier alpha value is -0.410. The molecule has 0 aromatic carbocycles. The number of ether oxygens (including phenoxy) is 1. The summed E-state index contributed by atoms with van der Waals surface area (Å²) in [7, 11) is 0. The van der Waals surface area contributed by atoms with Crippen LogP contribution >= 0.6 is 22.6 Å². The highest BCUT2D eigenvalue weighted by Gasteiger charge is 2.79. The lowest BCUT2D eigenvalue weighted by Crippen LogP contribution is -2.61. The monoisotopic (exact) mass is 440 g/mol. The van der Waals surface area contributed by atoms with Gasteiger partial charge in [-0.3, -0.25) is 4.79 Å². The first-order valence-electron chi connectivity index (χ1n) is 3.88. The van der Waals surface area contributed by atoms with Gasteiger partial charge in [0.2, 0.25) is 0 Å². The normalized spacial score (nSPS) is 15.4. The Labute approximate surface area is 115 Å². The van der Waals surface area contributed by atoms with Gasteiger partial charge in [-0.05, 0) is 0 Å². The van der Waals surface area contributed by atoms with Crippen molar-refractivity contribution in [3.63, 3.8) is 0 Å². The van der Waals surface area contributed by atoms with Gasteiger partial charge in [-0.15, -0.1) is 0 Å². The quantitative estimate of drug-likeness (QED) is 0.271. The fourth-order valence-electron chi connectivity index (χ4n) is 0.589. The molecule has 0 aromatic heterocycles. The Bertz CT molecular complexity index is 387. The SMILES string of the molecule is O=C(F)C(F)(F)C(F)(F)C(F)(F)OC(F)(F)C(F)(F)I. The fraction of sp³-hybridized carbons (Fsp3) is 0.833. The molecule has 0 N–H and O–H groups in total. The van der Waals surface area contributed by atoms with E-state index in [-0.39, 0.29) is 0 Å². The Morgan fingerprint density at radius 3 is 1.40 bits per heavy atom. The molecule has 0 aromatic rings. The summed E-state index contributed by atoms with van der Waals surface area (Å²) >= 11 is -0.493. The van der Waals surface area contributed by atoms with Gasteiger partial charge in [-0.2, -0.15) is 48.3 Å². The molecule has 20 heavy (non-hydrogen) atoms. The van der Waals surface area contributed by atoms with Crippen LogP contribution in [0.3, 0.4) is 0 Å². The van der Waals surface area contributed by atoms with E-state index < -0.39 is 56.6 Å². The van der Waals surface area contributed by atoms with Crippen molar-refractivity contribution in [3.8, 4) is 0 Å². The van der Waals surface area contributed by atoms with Gasteiger partial charge in [0.25, 0.3) is 0 Å². The summed E-state index contributed by atoms with van der Waals surface area (Å²) in [5.41, 5.74) is 0. The molecule has 0 unspecified atom stereocenters. The second kappa shape index (κ2) is 5.10. The Kier molecular flexibility index (Phi) is 4.99. The average Bonchev–Trinajstić information content (AvgIpc) is 2.12. The van der Waals surface area contributed by atoms with Gasteiger partial charge < -0.3 is 0 Å². The summed E-state index contributed by atoms with van der Waals surface area (Å²) < 4.78 is 131. The molecular weight excluding hydrogens is 440 g/mol. The zero-order valence-corrected chi connectivity index (χ0v) is 10.5. The van der Waals surface area contributed by atoms with Gasteiger partial charge in [-0.1, -0.05) is 0 Å². The molecule has 0 amide bonds. The van der Waals surface area contributed by atoms with Crippen LogP contribution in [0.5, 0.6) is 0 Å². The van der Waals surface area contributed by atoms with Crippen molar-refractivity contribution in [2.45, 2.75) is 28.0 Å². The molecule has 0 aliphatic heterocycles. The molecule has 14 heteroatoms. The molecular formula is C6F11IO2. The van der Waals surface area contributed by atoms with Gasteiger partial charge in [0, 0.05) is 22.6 Å². The smallest absolute Gasteiger partial charge is 0.254 e. The zero-order valence-electron chi connectivity index (χ0n) is 8.35. The molecule has 120 valence electrons. The van der Waals surface area contributed by atoms with Crippen LogP contribution in [0.4, 0.5) is 48.3 Å². The molecule has 0 fully saturated rings. The number of hydrogen-bond acceptors (Lipinski definition) is 2. The third-order valence-corrected chi connectivity index (χ3v) is 2.22. The Morgan fingerprint density at radius 2 is 1.15 bits per heavy atom. The molecule has 0 saturated carbocycles. The van der Waals surface area contributed by atoms with Gasteiger partial charge in [0.1, 0.15) is 0 Å². The third-order valence-electron chi connectivity index (χ3n) is 1.59. The summed E-state index contributed by atoms with van der Waals surface area (Å²) in [6, 6.07) is -4.30. The van der Waals surface area contributed by atoms with E-state index in [2.05, 4.69) is 0 Å². The molecule has 0 rings (SSSR count). The van der Waals surface area contributed by atoms with Crippen LogP contribution in [-0.2, 0) is 9.53 Å². The summed E-state index contributed by atoms with van der Waals surface area (Å²) in [5, 5.41) is 0. The number of carbonyl (C=O) groups excluding carboxylic acids is 1. The van der Waals surface area contributed by atoms with Crippen molar-refractivity contribution in [2.24, 2.45) is 0 Å². The maximum Gasteiger partial charge on any atom is 0.433 e. The first-order valence-corrected chi connectivity index (χ1v) is 4.96. The predicted molar refractivity (Wildman–Crippen MR) is 46.0 cm³/mol. The molecule has 0 heterocycles. The van der Waals surface area contributed by atoms with Gasteiger partial charge in [0.15, 0.2) is 0 Å². The van der Waals surface area contributed by atoms with Crippen LogP contribution in [0, 0.1) is 0 Å². The van der Waals surface area contributed by atoms with E-state index in [9.17, 15) is 53.1 Å².